The summed E-state index contributed by atoms with van der Waals surface area (Å²) >= 11 is 0. The lowest BCUT2D eigenvalue weighted by atomic mass is 10.2. The monoisotopic (exact) mass is 238 g/mol. The predicted octanol–water partition coefficient (Wildman–Crippen LogP) is 4.32. The Morgan fingerprint density at radius 3 is 2.67 bits per heavy atom. The molecule has 2 aromatic carbocycles. The Morgan fingerprint density at radius 2 is 1.83 bits per heavy atom. The molecule has 2 nitrogen and oxygen atoms in total. The van der Waals surface area contributed by atoms with Gasteiger partial charge in [0.2, 0.25) is 0 Å². The fourth-order valence-electron chi connectivity index (χ4n) is 1.89. The number of hydrogen-bond donors (Lipinski definition) is 0. The molecule has 3 rings (SSSR count). The third-order valence-corrected chi connectivity index (χ3v) is 2.95. The van der Waals surface area contributed by atoms with Crippen LogP contribution in [0.2, 0.25) is 0 Å². The Labute approximate surface area is 106 Å². The SMILES string of the molecule is Cc1ccc(COc2ccc3occc3c2)cc1. The maximum atomic E-state index is 5.77. The molecule has 1 aromatic heterocycles. The second-order valence-corrected chi connectivity index (χ2v) is 4.39. The molecule has 0 N–H and O–H groups in total. The van der Waals surface area contributed by atoms with E-state index in [9.17, 15) is 0 Å². The molecule has 0 aliphatic heterocycles. The topological polar surface area (TPSA) is 22.4 Å². The minimum atomic E-state index is 0.587. The van der Waals surface area contributed by atoms with Gasteiger partial charge in [-0.3, -0.25) is 0 Å². The van der Waals surface area contributed by atoms with Crippen LogP contribution in [0.3, 0.4) is 0 Å². The number of fused-ring (bicyclic) bond motifs is 1. The number of rotatable bonds is 3. The van der Waals surface area contributed by atoms with E-state index in [1.165, 1.54) is 11.1 Å². The molecule has 0 saturated heterocycles. The molecule has 0 aliphatic rings. The zero-order chi connectivity index (χ0) is 12.4. The second kappa shape index (κ2) is 4.57. The highest BCUT2D eigenvalue weighted by Gasteiger charge is 2.00. The Bertz CT molecular complexity index is 650. The van der Waals surface area contributed by atoms with E-state index in [2.05, 4.69) is 31.2 Å². The van der Waals surface area contributed by atoms with Crippen LogP contribution in [0.1, 0.15) is 11.1 Å². The predicted molar refractivity (Wildman–Crippen MR) is 71.7 cm³/mol. The van der Waals surface area contributed by atoms with E-state index in [4.69, 9.17) is 9.15 Å². The first-order chi connectivity index (χ1) is 8.81. The average Bonchev–Trinajstić information content (AvgIpc) is 2.85. The quantitative estimate of drug-likeness (QED) is 0.678. The van der Waals surface area contributed by atoms with E-state index >= 15 is 0 Å². The van der Waals surface area contributed by atoms with Gasteiger partial charge in [0.25, 0.3) is 0 Å². The summed E-state index contributed by atoms with van der Waals surface area (Å²) in [7, 11) is 0. The van der Waals surface area contributed by atoms with Crippen LogP contribution in [0, 0.1) is 6.92 Å². The molecule has 2 heteroatoms. The summed E-state index contributed by atoms with van der Waals surface area (Å²) in [5.41, 5.74) is 3.32. The van der Waals surface area contributed by atoms with E-state index in [1.807, 2.05) is 24.3 Å². The van der Waals surface area contributed by atoms with Crippen molar-refractivity contribution in [2.45, 2.75) is 13.5 Å². The molecule has 0 unspecified atom stereocenters. The van der Waals surface area contributed by atoms with E-state index in [-0.39, 0.29) is 0 Å². The van der Waals surface area contributed by atoms with Gasteiger partial charge in [-0.1, -0.05) is 29.8 Å². The summed E-state index contributed by atoms with van der Waals surface area (Å²) in [6.07, 6.45) is 1.69. The van der Waals surface area contributed by atoms with Crippen molar-refractivity contribution in [1.29, 1.82) is 0 Å². The zero-order valence-corrected chi connectivity index (χ0v) is 10.2. The van der Waals surface area contributed by atoms with E-state index in [0.717, 1.165) is 16.7 Å². The van der Waals surface area contributed by atoms with Gasteiger partial charge in [0.05, 0.1) is 6.26 Å². The van der Waals surface area contributed by atoms with Gasteiger partial charge in [-0.25, -0.2) is 0 Å². The zero-order valence-electron chi connectivity index (χ0n) is 10.2. The minimum absolute atomic E-state index is 0.587. The largest absolute Gasteiger partial charge is 0.489 e. The molecule has 18 heavy (non-hydrogen) atoms. The van der Waals surface area contributed by atoms with Crippen LogP contribution in [0.15, 0.2) is 59.2 Å². The summed E-state index contributed by atoms with van der Waals surface area (Å²) in [4.78, 5) is 0. The molecule has 0 fully saturated rings. The van der Waals surface area contributed by atoms with Crippen LogP contribution in [0.25, 0.3) is 11.0 Å². The van der Waals surface area contributed by atoms with Crippen molar-refractivity contribution >= 4 is 11.0 Å². The van der Waals surface area contributed by atoms with Gasteiger partial charge in [0.1, 0.15) is 17.9 Å². The van der Waals surface area contributed by atoms with Gasteiger partial charge in [-0.05, 0) is 36.8 Å². The maximum Gasteiger partial charge on any atom is 0.134 e. The molecule has 0 atom stereocenters. The summed E-state index contributed by atoms with van der Waals surface area (Å²) in [5.74, 6) is 0.865. The summed E-state index contributed by atoms with van der Waals surface area (Å²) in [6.45, 7) is 2.67. The number of aryl methyl sites for hydroxylation is 1. The molecule has 0 saturated carbocycles. The van der Waals surface area contributed by atoms with Crippen molar-refractivity contribution in [3.63, 3.8) is 0 Å². The van der Waals surface area contributed by atoms with Crippen LogP contribution >= 0.6 is 0 Å². The Morgan fingerprint density at radius 1 is 1.00 bits per heavy atom. The summed E-state index contributed by atoms with van der Waals surface area (Å²) in [6, 6.07) is 16.2. The first-order valence-electron chi connectivity index (χ1n) is 5.97. The number of benzene rings is 2. The van der Waals surface area contributed by atoms with Gasteiger partial charge < -0.3 is 9.15 Å². The highest BCUT2D eigenvalue weighted by atomic mass is 16.5. The molecule has 90 valence electrons. The summed E-state index contributed by atoms with van der Waals surface area (Å²) < 4.78 is 11.1. The number of ether oxygens (including phenoxy) is 1. The molecule has 0 aliphatic carbocycles. The minimum Gasteiger partial charge on any atom is -0.489 e. The highest BCUT2D eigenvalue weighted by molar-refractivity contribution is 5.78. The standard InChI is InChI=1S/C16H14O2/c1-12-2-4-13(5-3-12)11-18-15-6-7-16-14(10-15)8-9-17-16/h2-10H,11H2,1H3. The Kier molecular flexibility index (Phi) is 2.77. The normalized spacial score (nSPS) is 10.7. The number of furan rings is 1. The molecule has 0 radical (unpaired) electrons. The van der Waals surface area contributed by atoms with Crippen molar-refractivity contribution in [2.75, 3.05) is 0 Å². The van der Waals surface area contributed by atoms with Gasteiger partial charge in [0, 0.05) is 5.39 Å². The molecule has 0 spiro atoms. The van der Waals surface area contributed by atoms with E-state index < -0.39 is 0 Å². The fourth-order valence-corrected chi connectivity index (χ4v) is 1.89. The fraction of sp³-hybridized carbons (Fsp3) is 0.125. The van der Waals surface area contributed by atoms with Crippen LogP contribution in [0.5, 0.6) is 5.75 Å². The smallest absolute Gasteiger partial charge is 0.134 e. The van der Waals surface area contributed by atoms with Crippen molar-refractivity contribution in [2.24, 2.45) is 0 Å². The summed E-state index contributed by atoms with van der Waals surface area (Å²) in [5, 5.41) is 1.07. The van der Waals surface area contributed by atoms with Crippen LogP contribution in [0.4, 0.5) is 0 Å². The first-order valence-corrected chi connectivity index (χ1v) is 5.97. The lowest BCUT2D eigenvalue weighted by Crippen LogP contribution is -1.94. The van der Waals surface area contributed by atoms with Crippen LogP contribution < -0.4 is 4.74 Å². The van der Waals surface area contributed by atoms with E-state index in [1.54, 1.807) is 6.26 Å². The Hall–Kier alpha value is -2.22. The third kappa shape index (κ3) is 2.23. The molecule has 0 amide bonds. The number of hydrogen-bond acceptors (Lipinski definition) is 2. The van der Waals surface area contributed by atoms with Gasteiger partial charge in [-0.2, -0.15) is 0 Å². The van der Waals surface area contributed by atoms with Crippen molar-refractivity contribution in [3.8, 4) is 5.75 Å². The molecular formula is C16H14O2. The Balaban J connectivity index is 1.74. The van der Waals surface area contributed by atoms with Crippen LogP contribution in [-0.2, 0) is 6.61 Å². The second-order valence-electron chi connectivity index (χ2n) is 4.39. The molecule has 1 heterocycles. The lowest BCUT2D eigenvalue weighted by Gasteiger charge is -2.06. The molecule has 0 bridgehead atoms. The van der Waals surface area contributed by atoms with Crippen molar-refractivity contribution < 1.29 is 9.15 Å². The molecule has 3 aromatic rings. The third-order valence-electron chi connectivity index (χ3n) is 2.95. The maximum absolute atomic E-state index is 5.77. The van der Waals surface area contributed by atoms with Gasteiger partial charge in [0.15, 0.2) is 0 Å². The van der Waals surface area contributed by atoms with Crippen LogP contribution in [-0.4, -0.2) is 0 Å². The van der Waals surface area contributed by atoms with Gasteiger partial charge >= 0.3 is 0 Å². The van der Waals surface area contributed by atoms with Crippen molar-refractivity contribution in [1.82, 2.24) is 0 Å². The van der Waals surface area contributed by atoms with E-state index in [0.29, 0.717) is 6.61 Å². The lowest BCUT2D eigenvalue weighted by molar-refractivity contribution is 0.306. The van der Waals surface area contributed by atoms with Crippen molar-refractivity contribution in [3.05, 3.63) is 65.9 Å². The first kappa shape index (κ1) is 10.9. The molecular weight excluding hydrogens is 224 g/mol. The van der Waals surface area contributed by atoms with Gasteiger partial charge in [-0.15, -0.1) is 0 Å². The average molecular weight is 238 g/mol. The highest BCUT2D eigenvalue weighted by Crippen LogP contribution is 2.22.